The van der Waals surface area contributed by atoms with E-state index in [1.54, 1.807) is 5.57 Å². The molecular weight excluding hydrogens is 96.1 g/mol. The number of rotatable bonds is 0. The van der Waals surface area contributed by atoms with Crippen molar-refractivity contribution in [2.75, 3.05) is 0 Å². The highest BCUT2D eigenvalue weighted by Crippen LogP contribution is 2.37. The van der Waals surface area contributed by atoms with E-state index in [0.717, 1.165) is 6.42 Å². The predicted octanol–water partition coefficient (Wildman–Crippen LogP) is 2.20. The fraction of sp³-hybridized carbons (Fsp3) is 0.250. The van der Waals surface area contributed by atoms with Gasteiger partial charge in [-0.1, -0.05) is 24.3 Å². The van der Waals surface area contributed by atoms with Crippen LogP contribution in [0.2, 0.25) is 0 Å². The number of allylic oxidation sites excluding steroid dienone is 5. The molecule has 1 saturated carbocycles. The molecule has 0 heteroatoms. The van der Waals surface area contributed by atoms with Crippen LogP contribution in [-0.4, -0.2) is 0 Å². The van der Waals surface area contributed by atoms with E-state index in [1.807, 2.05) is 0 Å². The molecule has 0 amide bonds. The van der Waals surface area contributed by atoms with Gasteiger partial charge >= 0.3 is 0 Å². The zero-order valence-corrected chi connectivity index (χ0v) is 4.78. The third-order valence-corrected chi connectivity index (χ3v) is 1.83. The normalized spacial score (nSPS) is 23.8. The zero-order chi connectivity index (χ0) is 5.56. The lowest BCUT2D eigenvalue weighted by Crippen LogP contribution is -1.74. The third-order valence-electron chi connectivity index (χ3n) is 1.83. The molecule has 2 bridgehead atoms. The molecular formula is C8H8. The van der Waals surface area contributed by atoms with E-state index in [4.69, 9.17) is 0 Å². The van der Waals surface area contributed by atoms with Crippen LogP contribution in [0.25, 0.3) is 0 Å². The average molecular weight is 104 g/mol. The van der Waals surface area contributed by atoms with Crippen molar-refractivity contribution in [3.8, 4) is 0 Å². The molecule has 0 aromatic carbocycles. The molecule has 0 nitrogen and oxygen atoms in total. The monoisotopic (exact) mass is 104 g/mol. The minimum atomic E-state index is 1.14. The van der Waals surface area contributed by atoms with Crippen molar-refractivity contribution in [1.29, 1.82) is 0 Å². The van der Waals surface area contributed by atoms with Crippen LogP contribution >= 0.6 is 0 Å². The van der Waals surface area contributed by atoms with Gasteiger partial charge in [0.1, 0.15) is 0 Å². The SMILES string of the molecule is C=C1CC2=CC=C1C2. The Balaban J connectivity index is 2.50. The maximum atomic E-state index is 3.93. The molecule has 40 valence electrons. The van der Waals surface area contributed by atoms with Gasteiger partial charge in [0.2, 0.25) is 0 Å². The topological polar surface area (TPSA) is 0 Å². The maximum absolute atomic E-state index is 3.93. The highest BCUT2D eigenvalue weighted by atomic mass is 14.2. The molecule has 8 heavy (non-hydrogen) atoms. The Morgan fingerprint density at radius 2 is 2.12 bits per heavy atom. The van der Waals surface area contributed by atoms with Crippen molar-refractivity contribution in [3.63, 3.8) is 0 Å². The van der Waals surface area contributed by atoms with E-state index in [2.05, 4.69) is 18.7 Å². The number of hydrogen-bond donors (Lipinski definition) is 0. The quantitative estimate of drug-likeness (QED) is 0.442. The molecule has 1 fully saturated rings. The van der Waals surface area contributed by atoms with E-state index in [9.17, 15) is 0 Å². The molecule has 0 spiro atoms. The lowest BCUT2D eigenvalue weighted by molar-refractivity contribution is 1.22. The van der Waals surface area contributed by atoms with Crippen molar-refractivity contribution < 1.29 is 0 Å². The summed E-state index contributed by atoms with van der Waals surface area (Å²) in [6, 6.07) is 0. The van der Waals surface area contributed by atoms with E-state index in [-0.39, 0.29) is 0 Å². The molecule has 0 N–H and O–H groups in total. The van der Waals surface area contributed by atoms with E-state index >= 15 is 0 Å². The second kappa shape index (κ2) is 1.13. The minimum absolute atomic E-state index is 1.14. The smallest absolute Gasteiger partial charge is 0.00580 e. The Morgan fingerprint density at radius 1 is 1.25 bits per heavy atom. The maximum Gasteiger partial charge on any atom is -0.00580 e. The van der Waals surface area contributed by atoms with Crippen molar-refractivity contribution in [2.24, 2.45) is 0 Å². The van der Waals surface area contributed by atoms with Gasteiger partial charge in [-0.25, -0.2) is 0 Å². The molecule has 2 aliphatic carbocycles. The number of fused-ring (bicyclic) bond motifs is 2. The molecule has 0 radical (unpaired) electrons. The van der Waals surface area contributed by atoms with Gasteiger partial charge in [0.15, 0.2) is 0 Å². The highest BCUT2D eigenvalue weighted by Gasteiger charge is 2.18. The van der Waals surface area contributed by atoms with Crippen LogP contribution in [0.15, 0.2) is 35.5 Å². The summed E-state index contributed by atoms with van der Waals surface area (Å²) in [6.45, 7) is 3.93. The zero-order valence-electron chi connectivity index (χ0n) is 4.78. The molecule has 0 atom stereocenters. The van der Waals surface area contributed by atoms with Crippen LogP contribution in [0.4, 0.5) is 0 Å². The molecule has 0 heterocycles. The molecule has 0 saturated heterocycles. The van der Waals surface area contributed by atoms with Crippen LogP contribution in [0.3, 0.4) is 0 Å². The van der Waals surface area contributed by atoms with Gasteiger partial charge in [0.25, 0.3) is 0 Å². The Hall–Kier alpha value is -0.780. The summed E-state index contributed by atoms with van der Waals surface area (Å²) in [7, 11) is 0. The molecule has 0 aromatic heterocycles. The van der Waals surface area contributed by atoms with E-state index < -0.39 is 0 Å². The van der Waals surface area contributed by atoms with Crippen molar-refractivity contribution in [2.45, 2.75) is 12.8 Å². The lowest BCUT2D eigenvalue weighted by Gasteiger charge is -1.94. The molecule has 0 aromatic rings. The summed E-state index contributed by atoms with van der Waals surface area (Å²) in [4.78, 5) is 0. The van der Waals surface area contributed by atoms with Crippen LogP contribution in [0.5, 0.6) is 0 Å². The fourth-order valence-corrected chi connectivity index (χ4v) is 1.33. The first-order valence-corrected chi connectivity index (χ1v) is 2.93. The summed E-state index contributed by atoms with van der Waals surface area (Å²) in [5, 5.41) is 0. The molecule has 0 aliphatic heterocycles. The minimum Gasteiger partial charge on any atom is -0.0952 e. The standard InChI is InChI=1S/C8H8/c1-6-4-7-2-3-8(6)5-7/h2-3H,1,4-5H2. The molecule has 2 aliphatic rings. The summed E-state index contributed by atoms with van der Waals surface area (Å²) in [5.41, 5.74) is 4.34. The number of hydrogen-bond acceptors (Lipinski definition) is 0. The average Bonchev–Trinajstić information content (AvgIpc) is 2.23. The van der Waals surface area contributed by atoms with Gasteiger partial charge in [-0.3, -0.25) is 0 Å². The molecule has 2 rings (SSSR count). The van der Waals surface area contributed by atoms with Crippen LogP contribution < -0.4 is 0 Å². The third kappa shape index (κ3) is 0.353. The first-order valence-electron chi connectivity index (χ1n) is 2.93. The van der Waals surface area contributed by atoms with Crippen molar-refractivity contribution in [1.82, 2.24) is 0 Å². The summed E-state index contributed by atoms with van der Waals surface area (Å²) < 4.78 is 0. The van der Waals surface area contributed by atoms with Gasteiger partial charge < -0.3 is 0 Å². The predicted molar refractivity (Wildman–Crippen MR) is 34.5 cm³/mol. The Kier molecular flexibility index (Phi) is 0.587. The fourth-order valence-electron chi connectivity index (χ4n) is 1.33. The summed E-state index contributed by atoms with van der Waals surface area (Å²) in [6.07, 6.45) is 6.73. The summed E-state index contributed by atoms with van der Waals surface area (Å²) in [5.74, 6) is 0. The molecule has 0 unspecified atom stereocenters. The Bertz CT molecular complexity index is 200. The van der Waals surface area contributed by atoms with Crippen molar-refractivity contribution in [3.05, 3.63) is 35.5 Å². The second-order valence-corrected chi connectivity index (χ2v) is 2.47. The van der Waals surface area contributed by atoms with Gasteiger partial charge in [-0.2, -0.15) is 0 Å². The second-order valence-electron chi connectivity index (χ2n) is 2.47. The van der Waals surface area contributed by atoms with E-state index in [0.29, 0.717) is 0 Å². The van der Waals surface area contributed by atoms with E-state index in [1.165, 1.54) is 17.6 Å². The lowest BCUT2D eigenvalue weighted by atomic mass is 10.1. The van der Waals surface area contributed by atoms with Crippen LogP contribution in [0.1, 0.15) is 12.8 Å². The van der Waals surface area contributed by atoms with Gasteiger partial charge in [0.05, 0.1) is 0 Å². The first kappa shape index (κ1) is 4.13. The van der Waals surface area contributed by atoms with Crippen LogP contribution in [-0.2, 0) is 0 Å². The highest BCUT2D eigenvalue weighted by molar-refractivity contribution is 5.51. The summed E-state index contributed by atoms with van der Waals surface area (Å²) >= 11 is 0. The van der Waals surface area contributed by atoms with Gasteiger partial charge in [0, 0.05) is 0 Å². The largest absolute Gasteiger partial charge is 0.0952 e. The Labute approximate surface area is 49.2 Å². The van der Waals surface area contributed by atoms with Gasteiger partial charge in [-0.05, 0) is 24.0 Å². The van der Waals surface area contributed by atoms with Crippen molar-refractivity contribution >= 4 is 0 Å². The van der Waals surface area contributed by atoms with Crippen LogP contribution in [0, 0.1) is 0 Å². The first-order chi connectivity index (χ1) is 3.86. The Morgan fingerprint density at radius 3 is 2.38 bits per heavy atom. The van der Waals surface area contributed by atoms with Gasteiger partial charge in [-0.15, -0.1) is 0 Å².